The second kappa shape index (κ2) is 4.81. The maximum absolute atomic E-state index is 4.45. The lowest BCUT2D eigenvalue weighted by molar-refractivity contribution is 0.167. The van der Waals surface area contributed by atoms with E-state index in [1.807, 2.05) is 11.7 Å². The van der Waals surface area contributed by atoms with Crippen molar-refractivity contribution in [2.45, 2.75) is 53.1 Å². The van der Waals surface area contributed by atoms with Crippen molar-refractivity contribution in [3.05, 3.63) is 17.0 Å². The summed E-state index contributed by atoms with van der Waals surface area (Å²) in [6.45, 7) is 9.88. The molecule has 1 aliphatic rings. The second-order valence-corrected chi connectivity index (χ2v) is 5.83. The van der Waals surface area contributed by atoms with Gasteiger partial charge in [0.15, 0.2) is 0 Å². The summed E-state index contributed by atoms with van der Waals surface area (Å²) in [5, 5.41) is 8.11. The third-order valence-corrected chi connectivity index (χ3v) is 4.34. The molecule has 1 fully saturated rings. The van der Waals surface area contributed by atoms with Crippen molar-refractivity contribution in [2.75, 3.05) is 0 Å². The molecule has 3 heteroatoms. The SMILES string of the molecule is Cc1nn(C)c(C)c1CNC1CC(C(C)C)C1. The standard InChI is InChI=1S/C14H25N3/c1-9(2)12-6-13(7-12)15-8-14-10(3)16-17(5)11(14)4/h9,12-13,15H,6-8H2,1-5H3. The smallest absolute Gasteiger partial charge is 0.0641 e. The summed E-state index contributed by atoms with van der Waals surface area (Å²) in [7, 11) is 2.02. The molecule has 1 saturated carbocycles. The number of nitrogens with zero attached hydrogens (tertiary/aromatic N) is 2. The van der Waals surface area contributed by atoms with Crippen LogP contribution in [0.5, 0.6) is 0 Å². The van der Waals surface area contributed by atoms with Crippen LogP contribution < -0.4 is 5.32 Å². The Hall–Kier alpha value is -0.830. The zero-order chi connectivity index (χ0) is 12.6. The molecule has 0 aliphatic heterocycles. The van der Waals surface area contributed by atoms with Gasteiger partial charge in [-0.2, -0.15) is 5.10 Å². The summed E-state index contributed by atoms with van der Waals surface area (Å²) in [4.78, 5) is 0. The summed E-state index contributed by atoms with van der Waals surface area (Å²) in [6.07, 6.45) is 2.69. The summed E-state index contributed by atoms with van der Waals surface area (Å²) in [5.74, 6) is 1.78. The summed E-state index contributed by atoms with van der Waals surface area (Å²) >= 11 is 0. The highest BCUT2D eigenvalue weighted by Crippen LogP contribution is 2.33. The van der Waals surface area contributed by atoms with Gasteiger partial charge in [0.05, 0.1) is 5.69 Å². The third-order valence-electron chi connectivity index (χ3n) is 4.34. The van der Waals surface area contributed by atoms with Crippen molar-refractivity contribution in [1.29, 1.82) is 0 Å². The van der Waals surface area contributed by atoms with E-state index >= 15 is 0 Å². The van der Waals surface area contributed by atoms with Crippen molar-refractivity contribution >= 4 is 0 Å². The lowest BCUT2D eigenvalue weighted by atomic mass is 9.73. The Balaban J connectivity index is 1.84. The Morgan fingerprint density at radius 3 is 2.47 bits per heavy atom. The zero-order valence-electron chi connectivity index (χ0n) is 11.7. The van der Waals surface area contributed by atoms with Crippen LogP contribution in [-0.4, -0.2) is 15.8 Å². The predicted octanol–water partition coefficient (Wildman–Crippen LogP) is 2.56. The molecular weight excluding hydrogens is 210 g/mol. The van der Waals surface area contributed by atoms with Crippen molar-refractivity contribution < 1.29 is 0 Å². The molecule has 3 nitrogen and oxygen atoms in total. The van der Waals surface area contributed by atoms with E-state index in [2.05, 4.69) is 38.1 Å². The van der Waals surface area contributed by atoms with E-state index in [1.165, 1.54) is 24.1 Å². The third kappa shape index (κ3) is 2.54. The molecule has 0 aromatic carbocycles. The molecule has 0 atom stereocenters. The molecule has 1 aromatic rings. The van der Waals surface area contributed by atoms with Gasteiger partial charge in [0.25, 0.3) is 0 Å². The second-order valence-electron chi connectivity index (χ2n) is 5.83. The first-order chi connectivity index (χ1) is 7.99. The van der Waals surface area contributed by atoms with Crippen LogP contribution in [0.15, 0.2) is 0 Å². The number of nitrogens with one attached hydrogen (secondary N) is 1. The van der Waals surface area contributed by atoms with Crippen LogP contribution >= 0.6 is 0 Å². The van der Waals surface area contributed by atoms with Gasteiger partial charge in [-0.15, -0.1) is 0 Å². The molecule has 1 aliphatic carbocycles. The Bertz CT molecular complexity index is 386. The van der Waals surface area contributed by atoms with Crippen LogP contribution in [0.3, 0.4) is 0 Å². The average molecular weight is 235 g/mol. The van der Waals surface area contributed by atoms with Crippen molar-refractivity contribution in [2.24, 2.45) is 18.9 Å². The molecular formula is C14H25N3. The maximum Gasteiger partial charge on any atom is 0.0641 e. The number of hydrogen-bond acceptors (Lipinski definition) is 2. The predicted molar refractivity (Wildman–Crippen MR) is 70.9 cm³/mol. The van der Waals surface area contributed by atoms with Gasteiger partial charge in [-0.05, 0) is 38.5 Å². The van der Waals surface area contributed by atoms with Crippen LogP contribution in [-0.2, 0) is 13.6 Å². The molecule has 0 bridgehead atoms. The monoisotopic (exact) mass is 235 g/mol. The van der Waals surface area contributed by atoms with Gasteiger partial charge in [0.1, 0.15) is 0 Å². The highest BCUT2D eigenvalue weighted by Gasteiger charge is 2.30. The highest BCUT2D eigenvalue weighted by atomic mass is 15.3. The topological polar surface area (TPSA) is 29.9 Å². The van der Waals surface area contributed by atoms with Crippen molar-refractivity contribution in [1.82, 2.24) is 15.1 Å². The molecule has 2 rings (SSSR count). The molecule has 1 aromatic heterocycles. The summed E-state index contributed by atoms with van der Waals surface area (Å²) in [6, 6.07) is 0.724. The van der Waals surface area contributed by atoms with Gasteiger partial charge < -0.3 is 5.32 Å². The number of aryl methyl sites for hydroxylation is 2. The maximum atomic E-state index is 4.45. The Morgan fingerprint density at radius 2 is 2.00 bits per heavy atom. The quantitative estimate of drug-likeness (QED) is 0.869. The Kier molecular flexibility index (Phi) is 3.57. The Morgan fingerprint density at radius 1 is 1.35 bits per heavy atom. The molecule has 1 heterocycles. The van der Waals surface area contributed by atoms with E-state index < -0.39 is 0 Å². The molecule has 0 radical (unpaired) electrons. The van der Waals surface area contributed by atoms with Gasteiger partial charge >= 0.3 is 0 Å². The van der Waals surface area contributed by atoms with Crippen LogP contribution in [0.4, 0.5) is 0 Å². The normalized spacial score (nSPS) is 24.1. The Labute approximate surface area is 105 Å². The van der Waals surface area contributed by atoms with Gasteiger partial charge in [-0.25, -0.2) is 0 Å². The van der Waals surface area contributed by atoms with E-state index in [-0.39, 0.29) is 0 Å². The van der Waals surface area contributed by atoms with Crippen LogP contribution in [0.25, 0.3) is 0 Å². The lowest BCUT2D eigenvalue weighted by Crippen LogP contribution is -2.42. The minimum atomic E-state index is 0.724. The van der Waals surface area contributed by atoms with E-state index in [4.69, 9.17) is 0 Å². The number of hydrogen-bond donors (Lipinski definition) is 1. The van der Waals surface area contributed by atoms with Crippen LogP contribution in [0.2, 0.25) is 0 Å². The zero-order valence-corrected chi connectivity index (χ0v) is 11.7. The first-order valence-corrected chi connectivity index (χ1v) is 6.71. The van der Waals surface area contributed by atoms with Gasteiger partial charge in [0.2, 0.25) is 0 Å². The summed E-state index contributed by atoms with van der Waals surface area (Å²) in [5.41, 5.74) is 3.83. The first kappa shape index (κ1) is 12.6. The fourth-order valence-corrected chi connectivity index (χ4v) is 2.69. The van der Waals surface area contributed by atoms with E-state index in [9.17, 15) is 0 Å². The van der Waals surface area contributed by atoms with Gasteiger partial charge in [0, 0.05) is 30.9 Å². The van der Waals surface area contributed by atoms with Gasteiger partial charge in [-0.1, -0.05) is 13.8 Å². The molecule has 0 amide bonds. The van der Waals surface area contributed by atoms with E-state index in [0.717, 1.165) is 30.1 Å². The first-order valence-electron chi connectivity index (χ1n) is 6.71. The van der Waals surface area contributed by atoms with E-state index in [1.54, 1.807) is 0 Å². The summed E-state index contributed by atoms with van der Waals surface area (Å²) < 4.78 is 1.98. The number of rotatable bonds is 4. The largest absolute Gasteiger partial charge is 0.310 e. The van der Waals surface area contributed by atoms with Crippen LogP contribution in [0, 0.1) is 25.7 Å². The minimum Gasteiger partial charge on any atom is -0.310 e. The molecule has 1 N–H and O–H groups in total. The van der Waals surface area contributed by atoms with Gasteiger partial charge in [-0.3, -0.25) is 4.68 Å². The fourth-order valence-electron chi connectivity index (χ4n) is 2.69. The molecule has 0 saturated heterocycles. The molecule has 96 valence electrons. The van der Waals surface area contributed by atoms with Crippen molar-refractivity contribution in [3.8, 4) is 0 Å². The molecule has 0 spiro atoms. The van der Waals surface area contributed by atoms with E-state index in [0.29, 0.717) is 0 Å². The van der Waals surface area contributed by atoms with Crippen molar-refractivity contribution in [3.63, 3.8) is 0 Å². The highest BCUT2D eigenvalue weighted by molar-refractivity contribution is 5.24. The fraction of sp³-hybridized carbons (Fsp3) is 0.786. The lowest BCUT2D eigenvalue weighted by Gasteiger charge is -2.38. The molecule has 17 heavy (non-hydrogen) atoms. The molecule has 0 unspecified atom stereocenters. The average Bonchev–Trinajstić information content (AvgIpc) is 2.41. The van der Waals surface area contributed by atoms with Crippen LogP contribution in [0.1, 0.15) is 43.6 Å². The number of aromatic nitrogens is 2. The minimum absolute atomic E-state index is 0.724.